The zero-order valence-corrected chi connectivity index (χ0v) is 16.2. The van der Waals surface area contributed by atoms with Crippen molar-refractivity contribution < 1.29 is 9.18 Å². The fourth-order valence-corrected chi connectivity index (χ4v) is 3.74. The van der Waals surface area contributed by atoms with Gasteiger partial charge < -0.3 is 9.80 Å². The van der Waals surface area contributed by atoms with Gasteiger partial charge in [0.25, 0.3) is 5.91 Å². The SMILES string of the molecule is CCCCN(C)CC1CCCN1C(=O)c1ccc(-c2ccncc2)cc1F. The summed E-state index contributed by atoms with van der Waals surface area (Å²) < 4.78 is 14.7. The van der Waals surface area contributed by atoms with Crippen LogP contribution in [0.3, 0.4) is 0 Å². The molecule has 0 radical (unpaired) electrons. The number of carbonyl (C=O) groups excluding carboxylic acids is 1. The maximum absolute atomic E-state index is 14.7. The van der Waals surface area contributed by atoms with Crippen LogP contribution in [0, 0.1) is 5.82 Å². The van der Waals surface area contributed by atoms with Crippen molar-refractivity contribution in [3.8, 4) is 11.1 Å². The highest BCUT2D eigenvalue weighted by molar-refractivity contribution is 5.95. The molecule has 27 heavy (non-hydrogen) atoms. The summed E-state index contributed by atoms with van der Waals surface area (Å²) in [6.07, 6.45) is 7.63. The van der Waals surface area contributed by atoms with Crippen LogP contribution < -0.4 is 0 Å². The number of nitrogens with zero attached hydrogens (tertiary/aromatic N) is 3. The average Bonchev–Trinajstić information content (AvgIpc) is 3.14. The van der Waals surface area contributed by atoms with E-state index in [0.717, 1.165) is 49.9 Å². The van der Waals surface area contributed by atoms with E-state index >= 15 is 0 Å². The van der Waals surface area contributed by atoms with Gasteiger partial charge in [-0.05, 0) is 68.2 Å². The minimum absolute atomic E-state index is 0.163. The predicted octanol–water partition coefficient (Wildman–Crippen LogP) is 4.22. The van der Waals surface area contributed by atoms with Crippen LogP contribution in [0.4, 0.5) is 4.39 Å². The minimum atomic E-state index is -0.459. The van der Waals surface area contributed by atoms with E-state index in [1.54, 1.807) is 18.5 Å². The Kier molecular flexibility index (Phi) is 6.56. The van der Waals surface area contributed by atoms with E-state index in [0.29, 0.717) is 6.54 Å². The van der Waals surface area contributed by atoms with Crippen molar-refractivity contribution in [2.45, 2.75) is 38.6 Å². The van der Waals surface area contributed by atoms with Crippen LogP contribution in [0.2, 0.25) is 0 Å². The number of aromatic nitrogens is 1. The number of carbonyl (C=O) groups is 1. The first kappa shape index (κ1) is 19.5. The summed E-state index contributed by atoms with van der Waals surface area (Å²) in [7, 11) is 2.10. The first-order chi connectivity index (χ1) is 13.1. The number of rotatable bonds is 7. The molecule has 0 aliphatic carbocycles. The smallest absolute Gasteiger partial charge is 0.257 e. The van der Waals surface area contributed by atoms with Crippen LogP contribution in [-0.4, -0.2) is 53.4 Å². The van der Waals surface area contributed by atoms with Crippen molar-refractivity contribution in [1.29, 1.82) is 0 Å². The van der Waals surface area contributed by atoms with Crippen LogP contribution in [-0.2, 0) is 0 Å². The molecule has 1 saturated heterocycles. The Morgan fingerprint density at radius 1 is 1.26 bits per heavy atom. The highest BCUT2D eigenvalue weighted by Crippen LogP contribution is 2.25. The van der Waals surface area contributed by atoms with Crippen LogP contribution in [0.15, 0.2) is 42.7 Å². The minimum Gasteiger partial charge on any atom is -0.334 e. The quantitative estimate of drug-likeness (QED) is 0.733. The molecule has 1 fully saturated rings. The number of hydrogen-bond donors (Lipinski definition) is 0. The van der Waals surface area contributed by atoms with Gasteiger partial charge >= 0.3 is 0 Å². The number of likely N-dealkylation sites (N-methyl/N-ethyl adjacent to an activating group) is 1. The van der Waals surface area contributed by atoms with Crippen molar-refractivity contribution >= 4 is 5.91 Å². The van der Waals surface area contributed by atoms with Crippen molar-refractivity contribution in [2.24, 2.45) is 0 Å². The first-order valence-corrected chi connectivity index (χ1v) is 9.79. The van der Waals surface area contributed by atoms with Crippen molar-refractivity contribution in [2.75, 3.05) is 26.7 Å². The molecule has 2 heterocycles. The summed E-state index contributed by atoms with van der Waals surface area (Å²) >= 11 is 0. The molecule has 1 atom stereocenters. The standard InChI is InChI=1S/C22H28FN3O/c1-3-4-13-25(2)16-19-6-5-14-26(19)22(27)20-8-7-18(15-21(20)23)17-9-11-24-12-10-17/h7-12,15,19H,3-6,13-14,16H2,1-2H3. The molecular formula is C22H28FN3O. The van der Waals surface area contributed by atoms with Gasteiger partial charge in [-0.2, -0.15) is 0 Å². The van der Waals surface area contributed by atoms with E-state index < -0.39 is 5.82 Å². The monoisotopic (exact) mass is 369 g/mol. The lowest BCUT2D eigenvalue weighted by atomic mass is 10.0. The third-order valence-electron chi connectivity index (χ3n) is 5.27. The Bertz CT molecular complexity index is 765. The molecule has 0 bridgehead atoms. The normalized spacial score (nSPS) is 16.9. The van der Waals surface area contributed by atoms with Gasteiger partial charge in [0.15, 0.2) is 0 Å². The van der Waals surface area contributed by atoms with Crippen molar-refractivity contribution in [3.05, 3.63) is 54.1 Å². The molecule has 1 unspecified atom stereocenters. The summed E-state index contributed by atoms with van der Waals surface area (Å²) in [5.74, 6) is -0.653. The lowest BCUT2D eigenvalue weighted by Crippen LogP contribution is -2.42. The van der Waals surface area contributed by atoms with Crippen molar-refractivity contribution in [1.82, 2.24) is 14.8 Å². The lowest BCUT2D eigenvalue weighted by molar-refractivity contribution is 0.0704. The molecule has 144 valence electrons. The number of unbranched alkanes of at least 4 members (excludes halogenated alkanes) is 1. The van der Waals surface area contributed by atoms with Gasteiger partial charge in [0, 0.05) is 31.5 Å². The Morgan fingerprint density at radius 3 is 2.74 bits per heavy atom. The van der Waals surface area contributed by atoms with Crippen LogP contribution >= 0.6 is 0 Å². The number of pyridine rings is 1. The van der Waals surface area contributed by atoms with E-state index in [2.05, 4.69) is 23.9 Å². The lowest BCUT2D eigenvalue weighted by Gasteiger charge is -2.29. The molecule has 4 nitrogen and oxygen atoms in total. The zero-order valence-electron chi connectivity index (χ0n) is 16.2. The van der Waals surface area contributed by atoms with Crippen LogP contribution in [0.5, 0.6) is 0 Å². The van der Waals surface area contributed by atoms with Gasteiger partial charge in [0.2, 0.25) is 0 Å². The van der Waals surface area contributed by atoms with Gasteiger partial charge in [0.05, 0.1) is 5.56 Å². The Hall–Kier alpha value is -2.27. The maximum Gasteiger partial charge on any atom is 0.257 e. The van der Waals surface area contributed by atoms with Crippen LogP contribution in [0.25, 0.3) is 11.1 Å². The summed E-state index contributed by atoms with van der Waals surface area (Å²) in [6.45, 7) is 4.76. The van der Waals surface area contributed by atoms with Gasteiger partial charge in [-0.15, -0.1) is 0 Å². The predicted molar refractivity (Wildman–Crippen MR) is 106 cm³/mol. The number of likely N-dealkylation sites (tertiary alicyclic amines) is 1. The number of benzene rings is 1. The molecule has 3 rings (SSSR count). The number of hydrogen-bond acceptors (Lipinski definition) is 3. The molecule has 1 aromatic heterocycles. The van der Waals surface area contributed by atoms with E-state index in [1.165, 1.54) is 6.07 Å². The molecule has 5 heteroatoms. The highest BCUT2D eigenvalue weighted by Gasteiger charge is 2.31. The molecule has 0 saturated carbocycles. The third-order valence-corrected chi connectivity index (χ3v) is 5.27. The van der Waals surface area contributed by atoms with Gasteiger partial charge in [-0.25, -0.2) is 4.39 Å². The van der Waals surface area contributed by atoms with Gasteiger partial charge in [-0.1, -0.05) is 19.4 Å². The second-order valence-corrected chi connectivity index (χ2v) is 7.34. The number of halogens is 1. The fraction of sp³-hybridized carbons (Fsp3) is 0.455. The molecule has 2 aromatic rings. The summed E-state index contributed by atoms with van der Waals surface area (Å²) in [4.78, 5) is 21.1. The zero-order chi connectivity index (χ0) is 19.2. The molecule has 1 aromatic carbocycles. The molecule has 1 amide bonds. The van der Waals surface area contributed by atoms with E-state index in [-0.39, 0.29) is 17.5 Å². The molecule has 1 aliphatic rings. The van der Waals surface area contributed by atoms with E-state index in [9.17, 15) is 9.18 Å². The fourth-order valence-electron chi connectivity index (χ4n) is 3.74. The van der Waals surface area contributed by atoms with E-state index in [1.807, 2.05) is 23.1 Å². The summed E-state index contributed by atoms with van der Waals surface area (Å²) in [5.41, 5.74) is 1.80. The first-order valence-electron chi connectivity index (χ1n) is 9.79. The molecular weight excluding hydrogens is 341 g/mol. The second-order valence-electron chi connectivity index (χ2n) is 7.34. The second kappa shape index (κ2) is 9.09. The Morgan fingerprint density at radius 2 is 2.04 bits per heavy atom. The maximum atomic E-state index is 14.7. The average molecular weight is 369 g/mol. The van der Waals surface area contributed by atoms with Crippen molar-refractivity contribution in [3.63, 3.8) is 0 Å². The highest BCUT2D eigenvalue weighted by atomic mass is 19.1. The summed E-state index contributed by atoms with van der Waals surface area (Å²) in [5, 5.41) is 0. The largest absolute Gasteiger partial charge is 0.334 e. The molecule has 0 spiro atoms. The summed E-state index contributed by atoms with van der Waals surface area (Å²) in [6, 6.07) is 8.70. The van der Waals surface area contributed by atoms with E-state index in [4.69, 9.17) is 0 Å². The van der Waals surface area contributed by atoms with Gasteiger partial charge in [-0.3, -0.25) is 9.78 Å². The number of amides is 1. The van der Waals surface area contributed by atoms with Gasteiger partial charge in [0.1, 0.15) is 5.82 Å². The molecule has 1 aliphatic heterocycles. The Labute approximate surface area is 161 Å². The van der Waals surface area contributed by atoms with Crippen LogP contribution in [0.1, 0.15) is 43.0 Å². The third kappa shape index (κ3) is 4.72. The molecule has 0 N–H and O–H groups in total. The Balaban J connectivity index is 1.73. The topological polar surface area (TPSA) is 36.4 Å².